The summed E-state index contributed by atoms with van der Waals surface area (Å²) >= 11 is 1.67. The third-order valence-electron chi connectivity index (χ3n) is 1.53. The molecule has 0 fully saturated rings. The van der Waals surface area contributed by atoms with Gasteiger partial charge in [-0.05, 0) is 31.0 Å². The summed E-state index contributed by atoms with van der Waals surface area (Å²) in [5, 5.41) is 0. The highest BCUT2D eigenvalue weighted by molar-refractivity contribution is 7.97. The van der Waals surface area contributed by atoms with E-state index in [1.807, 2.05) is 11.4 Å². The molecule has 1 aromatic rings. The summed E-state index contributed by atoms with van der Waals surface area (Å²) in [4.78, 5) is 1.24. The van der Waals surface area contributed by atoms with Gasteiger partial charge in [-0.25, -0.2) is 0 Å². The number of benzene rings is 1. The number of rotatable bonds is 3. The van der Waals surface area contributed by atoms with Crippen molar-refractivity contribution in [3.63, 3.8) is 0 Å². The third kappa shape index (κ3) is 2.62. The Morgan fingerprint density at radius 2 is 1.92 bits per heavy atom. The van der Waals surface area contributed by atoms with Crippen LogP contribution in [0.3, 0.4) is 0 Å². The predicted molar refractivity (Wildman–Crippen MR) is 55.0 cm³/mol. The summed E-state index contributed by atoms with van der Waals surface area (Å²) in [5.41, 5.74) is 1.29. The van der Waals surface area contributed by atoms with Crippen LogP contribution in [-0.4, -0.2) is 11.4 Å². The molecular weight excluding hydrogens is 166 g/mol. The van der Waals surface area contributed by atoms with Gasteiger partial charge >= 0.3 is 0 Å². The van der Waals surface area contributed by atoms with E-state index in [2.05, 4.69) is 37.8 Å². The second kappa shape index (κ2) is 4.21. The first-order chi connectivity index (χ1) is 5.72. The Kier molecular flexibility index (Phi) is 3.23. The minimum absolute atomic E-state index is 1.24. The van der Waals surface area contributed by atoms with Crippen LogP contribution in [0.25, 0.3) is 0 Å². The molecule has 0 unspecified atom stereocenters. The average molecular weight is 179 g/mol. The van der Waals surface area contributed by atoms with E-state index in [-0.39, 0.29) is 0 Å². The molecule has 12 heavy (non-hydrogen) atoms. The highest BCUT2D eigenvalue weighted by atomic mass is 32.2. The van der Waals surface area contributed by atoms with Gasteiger partial charge in [0.1, 0.15) is 0 Å². The van der Waals surface area contributed by atoms with E-state index in [0.29, 0.717) is 0 Å². The van der Waals surface area contributed by atoms with Gasteiger partial charge in [-0.15, -0.1) is 0 Å². The van der Waals surface area contributed by atoms with Crippen LogP contribution >= 0.6 is 11.9 Å². The van der Waals surface area contributed by atoms with Crippen molar-refractivity contribution in [2.45, 2.75) is 11.8 Å². The standard InChI is InChI=1S/C10H13NS/c1-4-11(3)12-10-7-5-9(2)6-8-10/h4-8H,1H2,2-3H3. The Morgan fingerprint density at radius 3 is 2.42 bits per heavy atom. The van der Waals surface area contributed by atoms with Crippen molar-refractivity contribution < 1.29 is 0 Å². The van der Waals surface area contributed by atoms with E-state index in [4.69, 9.17) is 0 Å². The summed E-state index contributed by atoms with van der Waals surface area (Å²) in [6, 6.07) is 8.44. The fourth-order valence-corrected chi connectivity index (χ4v) is 1.47. The minimum atomic E-state index is 1.24. The maximum absolute atomic E-state index is 3.68. The van der Waals surface area contributed by atoms with Crippen LogP contribution in [0.5, 0.6) is 0 Å². The summed E-state index contributed by atoms with van der Waals surface area (Å²) < 4.78 is 1.98. The van der Waals surface area contributed by atoms with Gasteiger partial charge in [0, 0.05) is 18.1 Å². The molecule has 0 bridgehead atoms. The summed E-state index contributed by atoms with van der Waals surface area (Å²) in [7, 11) is 1.98. The Balaban J connectivity index is 2.64. The molecule has 0 saturated carbocycles. The van der Waals surface area contributed by atoms with Crippen LogP contribution < -0.4 is 0 Å². The van der Waals surface area contributed by atoms with Gasteiger partial charge in [0.15, 0.2) is 0 Å². The van der Waals surface area contributed by atoms with E-state index in [1.165, 1.54) is 10.5 Å². The van der Waals surface area contributed by atoms with Crippen molar-refractivity contribution >= 4 is 11.9 Å². The molecule has 0 radical (unpaired) electrons. The Morgan fingerprint density at radius 1 is 1.33 bits per heavy atom. The monoisotopic (exact) mass is 179 g/mol. The van der Waals surface area contributed by atoms with Gasteiger partial charge in [0.2, 0.25) is 0 Å². The third-order valence-corrected chi connectivity index (χ3v) is 2.45. The maximum Gasteiger partial charge on any atom is 0.0286 e. The lowest BCUT2D eigenvalue weighted by Crippen LogP contribution is -1.96. The van der Waals surface area contributed by atoms with Crippen LogP contribution in [-0.2, 0) is 0 Å². The molecule has 1 aromatic carbocycles. The molecule has 1 rings (SSSR count). The van der Waals surface area contributed by atoms with Crippen LogP contribution in [0, 0.1) is 6.92 Å². The van der Waals surface area contributed by atoms with Gasteiger partial charge in [-0.3, -0.25) is 0 Å². The number of hydrogen-bond donors (Lipinski definition) is 0. The van der Waals surface area contributed by atoms with E-state index < -0.39 is 0 Å². The molecule has 0 heterocycles. The van der Waals surface area contributed by atoms with Gasteiger partial charge in [0.05, 0.1) is 0 Å². The molecule has 64 valence electrons. The number of hydrogen-bond acceptors (Lipinski definition) is 2. The summed E-state index contributed by atoms with van der Waals surface area (Å²) in [6.07, 6.45) is 1.80. The molecule has 0 aliphatic rings. The first-order valence-corrected chi connectivity index (χ1v) is 4.60. The largest absolute Gasteiger partial charge is 0.323 e. The molecule has 0 amide bonds. The highest BCUT2D eigenvalue weighted by Gasteiger charge is 1.94. The molecule has 2 heteroatoms. The zero-order chi connectivity index (χ0) is 8.97. The van der Waals surface area contributed by atoms with Crippen molar-refractivity contribution in [2.75, 3.05) is 7.05 Å². The van der Waals surface area contributed by atoms with Gasteiger partial charge in [0.25, 0.3) is 0 Å². The number of aryl methyl sites for hydroxylation is 1. The van der Waals surface area contributed by atoms with Crippen LogP contribution in [0.2, 0.25) is 0 Å². The fourth-order valence-electron chi connectivity index (χ4n) is 0.803. The molecule has 0 atom stereocenters. The van der Waals surface area contributed by atoms with Crippen LogP contribution in [0.15, 0.2) is 41.9 Å². The lowest BCUT2D eigenvalue weighted by atomic mass is 10.2. The Labute approximate surface area is 78.2 Å². The van der Waals surface area contributed by atoms with Gasteiger partial charge in [-0.2, -0.15) is 0 Å². The van der Waals surface area contributed by atoms with E-state index in [9.17, 15) is 0 Å². The SMILES string of the molecule is C=CN(C)Sc1ccc(C)cc1. The normalized spacial score (nSPS) is 9.50. The van der Waals surface area contributed by atoms with Crippen molar-refractivity contribution in [3.05, 3.63) is 42.6 Å². The molecular formula is C10H13NS. The topological polar surface area (TPSA) is 3.24 Å². The highest BCUT2D eigenvalue weighted by Crippen LogP contribution is 2.20. The summed E-state index contributed by atoms with van der Waals surface area (Å²) in [6.45, 7) is 5.77. The smallest absolute Gasteiger partial charge is 0.0286 e. The molecule has 0 aliphatic carbocycles. The summed E-state index contributed by atoms with van der Waals surface area (Å²) in [5.74, 6) is 0. The van der Waals surface area contributed by atoms with E-state index in [1.54, 1.807) is 18.1 Å². The first-order valence-electron chi connectivity index (χ1n) is 3.82. The number of nitrogens with zero attached hydrogens (tertiary/aromatic N) is 1. The zero-order valence-electron chi connectivity index (χ0n) is 7.45. The van der Waals surface area contributed by atoms with Crippen molar-refractivity contribution in [3.8, 4) is 0 Å². The lowest BCUT2D eigenvalue weighted by molar-refractivity contribution is 0.777. The maximum atomic E-state index is 3.68. The molecule has 0 saturated heterocycles. The predicted octanol–water partition coefficient (Wildman–Crippen LogP) is 3.08. The molecule has 1 nitrogen and oxygen atoms in total. The second-order valence-corrected chi connectivity index (χ2v) is 3.86. The molecule has 0 N–H and O–H groups in total. The Hall–Kier alpha value is -0.890. The second-order valence-electron chi connectivity index (χ2n) is 2.63. The van der Waals surface area contributed by atoms with E-state index in [0.717, 1.165) is 0 Å². The van der Waals surface area contributed by atoms with Crippen LogP contribution in [0.4, 0.5) is 0 Å². The van der Waals surface area contributed by atoms with Gasteiger partial charge < -0.3 is 4.31 Å². The first kappa shape index (κ1) is 9.20. The van der Waals surface area contributed by atoms with Crippen LogP contribution in [0.1, 0.15) is 5.56 Å². The van der Waals surface area contributed by atoms with Crippen molar-refractivity contribution in [2.24, 2.45) is 0 Å². The Bertz CT molecular complexity index is 253. The van der Waals surface area contributed by atoms with Gasteiger partial charge in [-0.1, -0.05) is 24.3 Å². The van der Waals surface area contributed by atoms with Crippen molar-refractivity contribution in [1.29, 1.82) is 0 Å². The van der Waals surface area contributed by atoms with Crippen molar-refractivity contribution in [1.82, 2.24) is 4.31 Å². The molecule has 0 aromatic heterocycles. The fraction of sp³-hybridized carbons (Fsp3) is 0.200. The van der Waals surface area contributed by atoms with E-state index >= 15 is 0 Å². The minimum Gasteiger partial charge on any atom is -0.323 e. The average Bonchev–Trinajstić information content (AvgIpc) is 2.09. The molecule has 0 aliphatic heterocycles. The quantitative estimate of drug-likeness (QED) is 0.656. The zero-order valence-corrected chi connectivity index (χ0v) is 8.27. The molecule has 0 spiro atoms. The lowest BCUT2D eigenvalue weighted by Gasteiger charge is -2.10.